The minimum atomic E-state index is -0.178. The van der Waals surface area contributed by atoms with Crippen LogP contribution in [0.5, 0.6) is 5.75 Å². The number of amides is 1. The Labute approximate surface area is 117 Å². The first-order valence-electron chi connectivity index (χ1n) is 5.10. The van der Waals surface area contributed by atoms with Crippen LogP contribution >= 0.6 is 27.3 Å². The van der Waals surface area contributed by atoms with Crippen molar-refractivity contribution in [3.8, 4) is 5.75 Å². The summed E-state index contributed by atoms with van der Waals surface area (Å²) in [6.45, 7) is 0. The van der Waals surface area contributed by atoms with Crippen LogP contribution < -0.4 is 15.8 Å². The molecule has 0 bridgehead atoms. The van der Waals surface area contributed by atoms with Crippen molar-refractivity contribution in [2.45, 2.75) is 0 Å². The zero-order chi connectivity index (χ0) is 13.1. The number of hydrogen-bond donors (Lipinski definition) is 2. The summed E-state index contributed by atoms with van der Waals surface area (Å²) in [7, 11) is 1.57. The van der Waals surface area contributed by atoms with Gasteiger partial charge in [-0.3, -0.25) is 4.79 Å². The van der Waals surface area contributed by atoms with E-state index in [0.717, 1.165) is 3.79 Å². The van der Waals surface area contributed by atoms with Crippen molar-refractivity contribution in [3.05, 3.63) is 39.0 Å². The number of nitrogen functional groups attached to an aromatic ring is 1. The van der Waals surface area contributed by atoms with E-state index in [9.17, 15) is 4.79 Å². The van der Waals surface area contributed by atoms with E-state index < -0.39 is 0 Å². The molecule has 2 aromatic rings. The second kappa shape index (κ2) is 5.41. The largest absolute Gasteiger partial charge is 0.497 e. The molecular weight excluding hydrogens is 316 g/mol. The molecular formula is C12H11BrN2O2S. The van der Waals surface area contributed by atoms with Crippen molar-refractivity contribution in [3.63, 3.8) is 0 Å². The Morgan fingerprint density at radius 1 is 1.39 bits per heavy atom. The fourth-order valence-corrected chi connectivity index (χ4v) is 2.68. The third-order valence-electron chi connectivity index (χ3n) is 2.30. The normalized spacial score (nSPS) is 10.1. The summed E-state index contributed by atoms with van der Waals surface area (Å²) < 4.78 is 5.96. The van der Waals surface area contributed by atoms with Crippen LogP contribution in [0.1, 0.15) is 9.67 Å². The van der Waals surface area contributed by atoms with Gasteiger partial charge in [-0.15, -0.1) is 11.3 Å². The van der Waals surface area contributed by atoms with Gasteiger partial charge < -0.3 is 15.8 Å². The Morgan fingerprint density at radius 3 is 2.72 bits per heavy atom. The Kier molecular flexibility index (Phi) is 3.88. The molecule has 0 atom stereocenters. The smallest absolute Gasteiger partial charge is 0.265 e. The van der Waals surface area contributed by atoms with E-state index >= 15 is 0 Å². The fraction of sp³-hybridized carbons (Fsp3) is 0.0833. The van der Waals surface area contributed by atoms with E-state index in [0.29, 0.717) is 22.0 Å². The molecule has 0 saturated heterocycles. The molecule has 4 nitrogen and oxygen atoms in total. The number of benzene rings is 1. The number of carbonyl (C=O) groups excluding carboxylic acids is 1. The molecule has 94 valence electrons. The van der Waals surface area contributed by atoms with E-state index in [2.05, 4.69) is 21.2 Å². The van der Waals surface area contributed by atoms with Gasteiger partial charge in [-0.2, -0.15) is 0 Å². The second-order valence-corrected chi connectivity index (χ2v) is 5.97. The molecule has 0 unspecified atom stereocenters. The number of ether oxygens (including phenoxy) is 1. The lowest BCUT2D eigenvalue weighted by Gasteiger charge is -2.08. The first kappa shape index (κ1) is 12.9. The predicted molar refractivity (Wildman–Crippen MR) is 77.4 cm³/mol. The average Bonchev–Trinajstić information content (AvgIpc) is 2.78. The van der Waals surface area contributed by atoms with Crippen LogP contribution in [0.25, 0.3) is 0 Å². The number of methoxy groups -OCH3 is 1. The van der Waals surface area contributed by atoms with Crippen LogP contribution in [0.15, 0.2) is 34.1 Å². The molecule has 2 rings (SSSR count). The van der Waals surface area contributed by atoms with Crippen LogP contribution in [0, 0.1) is 0 Å². The molecule has 1 amide bonds. The maximum atomic E-state index is 11.9. The summed E-state index contributed by atoms with van der Waals surface area (Å²) in [6.07, 6.45) is 0. The van der Waals surface area contributed by atoms with E-state index in [-0.39, 0.29) is 5.91 Å². The minimum absolute atomic E-state index is 0.178. The van der Waals surface area contributed by atoms with Gasteiger partial charge >= 0.3 is 0 Å². The Hall–Kier alpha value is -1.53. The van der Waals surface area contributed by atoms with Crippen LogP contribution in [0.4, 0.5) is 11.4 Å². The molecule has 1 heterocycles. The highest BCUT2D eigenvalue weighted by Gasteiger charge is 2.10. The Bertz CT molecular complexity index is 583. The molecule has 0 spiro atoms. The van der Waals surface area contributed by atoms with Gasteiger partial charge in [-0.25, -0.2) is 0 Å². The molecule has 0 aliphatic rings. The number of rotatable bonds is 3. The lowest BCUT2D eigenvalue weighted by atomic mass is 10.2. The van der Waals surface area contributed by atoms with E-state index in [1.54, 1.807) is 31.4 Å². The third kappa shape index (κ3) is 2.83. The number of halogens is 1. The highest BCUT2D eigenvalue weighted by molar-refractivity contribution is 9.11. The minimum Gasteiger partial charge on any atom is -0.497 e. The molecule has 1 aromatic carbocycles. The van der Waals surface area contributed by atoms with Crippen molar-refractivity contribution in [2.24, 2.45) is 0 Å². The van der Waals surface area contributed by atoms with E-state index in [1.807, 2.05) is 6.07 Å². The van der Waals surface area contributed by atoms with Gasteiger partial charge in [0.1, 0.15) is 5.75 Å². The maximum absolute atomic E-state index is 11.9. The molecule has 3 N–H and O–H groups in total. The summed E-state index contributed by atoms with van der Waals surface area (Å²) in [5.74, 6) is 0.479. The van der Waals surface area contributed by atoms with Gasteiger partial charge in [0.25, 0.3) is 5.91 Å². The fourth-order valence-electron chi connectivity index (χ4n) is 1.40. The van der Waals surface area contributed by atoms with Gasteiger partial charge in [0.15, 0.2) is 0 Å². The van der Waals surface area contributed by atoms with Crippen molar-refractivity contribution in [2.75, 3.05) is 18.2 Å². The summed E-state index contributed by atoms with van der Waals surface area (Å²) in [4.78, 5) is 12.5. The van der Waals surface area contributed by atoms with Gasteiger partial charge in [0.2, 0.25) is 0 Å². The van der Waals surface area contributed by atoms with Gasteiger partial charge in [0.05, 0.1) is 27.1 Å². The first-order valence-corrected chi connectivity index (χ1v) is 6.71. The average molecular weight is 327 g/mol. The van der Waals surface area contributed by atoms with Gasteiger partial charge in [0, 0.05) is 6.07 Å². The SMILES string of the molecule is COc1ccc(NC(=O)c2ccc(Br)s2)c(N)c1. The Morgan fingerprint density at radius 2 is 2.17 bits per heavy atom. The van der Waals surface area contributed by atoms with Crippen LogP contribution in [-0.4, -0.2) is 13.0 Å². The van der Waals surface area contributed by atoms with Crippen LogP contribution in [0.3, 0.4) is 0 Å². The molecule has 0 aliphatic carbocycles. The number of nitrogens with one attached hydrogen (secondary N) is 1. The molecule has 6 heteroatoms. The Balaban J connectivity index is 2.16. The van der Waals surface area contributed by atoms with E-state index in [1.165, 1.54) is 11.3 Å². The second-order valence-electron chi connectivity index (χ2n) is 3.51. The zero-order valence-electron chi connectivity index (χ0n) is 9.57. The molecule has 0 radical (unpaired) electrons. The molecule has 1 aromatic heterocycles. The van der Waals surface area contributed by atoms with Gasteiger partial charge in [-0.1, -0.05) is 0 Å². The molecule has 18 heavy (non-hydrogen) atoms. The van der Waals surface area contributed by atoms with Crippen LogP contribution in [-0.2, 0) is 0 Å². The molecule has 0 fully saturated rings. The third-order valence-corrected chi connectivity index (χ3v) is 3.93. The number of thiophene rings is 1. The van der Waals surface area contributed by atoms with Crippen molar-refractivity contribution >= 4 is 44.5 Å². The zero-order valence-corrected chi connectivity index (χ0v) is 12.0. The molecule has 0 saturated carbocycles. The van der Waals surface area contributed by atoms with Crippen LogP contribution in [0.2, 0.25) is 0 Å². The number of carbonyl (C=O) groups is 1. The van der Waals surface area contributed by atoms with Gasteiger partial charge in [-0.05, 0) is 40.2 Å². The highest BCUT2D eigenvalue weighted by Crippen LogP contribution is 2.26. The standard InChI is InChI=1S/C12H11BrN2O2S/c1-17-7-2-3-9(8(14)6-7)15-12(16)10-4-5-11(13)18-10/h2-6H,14H2,1H3,(H,15,16). The summed E-state index contributed by atoms with van der Waals surface area (Å²) >= 11 is 4.68. The number of nitrogens with two attached hydrogens (primary N) is 1. The monoisotopic (exact) mass is 326 g/mol. The van der Waals surface area contributed by atoms with Crippen molar-refractivity contribution in [1.29, 1.82) is 0 Å². The summed E-state index contributed by atoms with van der Waals surface area (Å²) in [6, 6.07) is 8.71. The molecule has 0 aliphatic heterocycles. The quantitative estimate of drug-likeness (QED) is 0.850. The first-order chi connectivity index (χ1) is 8.60. The highest BCUT2D eigenvalue weighted by atomic mass is 79.9. The van der Waals surface area contributed by atoms with E-state index in [4.69, 9.17) is 10.5 Å². The topological polar surface area (TPSA) is 64.3 Å². The van der Waals surface area contributed by atoms with Crippen molar-refractivity contribution in [1.82, 2.24) is 0 Å². The number of hydrogen-bond acceptors (Lipinski definition) is 4. The maximum Gasteiger partial charge on any atom is 0.265 e. The summed E-state index contributed by atoms with van der Waals surface area (Å²) in [5, 5.41) is 2.76. The lowest BCUT2D eigenvalue weighted by molar-refractivity contribution is 0.103. The summed E-state index contributed by atoms with van der Waals surface area (Å²) in [5.41, 5.74) is 6.87. The predicted octanol–water partition coefficient (Wildman–Crippen LogP) is 3.35. The lowest BCUT2D eigenvalue weighted by Crippen LogP contribution is -2.11. The van der Waals surface area contributed by atoms with Crippen molar-refractivity contribution < 1.29 is 9.53 Å². The number of anilines is 2.